The van der Waals surface area contributed by atoms with Crippen LogP contribution in [0.25, 0.3) is 0 Å². The highest BCUT2D eigenvalue weighted by atomic mass is 35.5. The summed E-state index contributed by atoms with van der Waals surface area (Å²) in [5, 5.41) is 18.8. The van der Waals surface area contributed by atoms with E-state index < -0.39 is 14.9 Å². The van der Waals surface area contributed by atoms with Gasteiger partial charge in [0.25, 0.3) is 5.69 Å². The zero-order valence-corrected chi connectivity index (χ0v) is 11.6. The third-order valence-corrected chi connectivity index (χ3v) is 3.56. The molecule has 0 aromatic heterocycles. The van der Waals surface area contributed by atoms with Gasteiger partial charge in [-0.2, -0.15) is 0 Å². The Kier molecular flexibility index (Phi) is 5.67. The molecule has 106 valence electrons. The highest BCUT2D eigenvalue weighted by Crippen LogP contribution is 2.21. The van der Waals surface area contributed by atoms with Crippen LogP contribution in [-0.4, -0.2) is 25.6 Å². The Bertz CT molecular complexity index is 562. The van der Waals surface area contributed by atoms with Gasteiger partial charge in [-0.05, 0) is 24.6 Å². The predicted molar refractivity (Wildman–Crippen MR) is 72.4 cm³/mol. The molecule has 1 aromatic rings. The van der Waals surface area contributed by atoms with Gasteiger partial charge in [-0.15, -0.1) is 0 Å². The van der Waals surface area contributed by atoms with Gasteiger partial charge in [0.1, 0.15) is 0 Å². The lowest BCUT2D eigenvalue weighted by Crippen LogP contribution is -2.22. The number of nitrogens with two attached hydrogens (primary N) is 1. The number of non-ortho nitro benzene ring substituents is 1. The summed E-state index contributed by atoms with van der Waals surface area (Å²) >= 11 is 5.91. The SMILES string of the molecule is NS(=O)(=O)CCCNCc1cc([N+](=O)[O-])ccc1Cl. The number of nitro groups is 1. The zero-order valence-electron chi connectivity index (χ0n) is 10.0. The number of nitrogens with one attached hydrogen (secondary N) is 1. The number of hydrogen-bond donors (Lipinski definition) is 2. The maximum absolute atomic E-state index is 10.7. The molecular weight excluding hydrogens is 294 g/mol. The molecule has 1 aromatic carbocycles. The van der Waals surface area contributed by atoms with E-state index in [1.165, 1.54) is 18.2 Å². The molecule has 19 heavy (non-hydrogen) atoms. The number of nitro benzene ring substituents is 1. The van der Waals surface area contributed by atoms with E-state index in [0.717, 1.165) is 0 Å². The minimum Gasteiger partial charge on any atom is -0.313 e. The molecule has 0 saturated heterocycles. The van der Waals surface area contributed by atoms with E-state index in [9.17, 15) is 18.5 Å². The van der Waals surface area contributed by atoms with Crippen LogP contribution in [0.4, 0.5) is 5.69 Å². The van der Waals surface area contributed by atoms with Crippen LogP contribution in [0.2, 0.25) is 5.02 Å². The van der Waals surface area contributed by atoms with E-state index in [-0.39, 0.29) is 11.4 Å². The number of primary sulfonamides is 1. The summed E-state index contributed by atoms with van der Waals surface area (Å²) < 4.78 is 21.4. The maximum atomic E-state index is 10.7. The van der Waals surface area contributed by atoms with Crippen LogP contribution in [0.3, 0.4) is 0 Å². The Morgan fingerprint density at radius 2 is 2.11 bits per heavy atom. The largest absolute Gasteiger partial charge is 0.313 e. The number of benzene rings is 1. The molecule has 0 unspecified atom stereocenters. The van der Waals surface area contributed by atoms with Gasteiger partial charge in [0, 0.05) is 23.7 Å². The fraction of sp³-hybridized carbons (Fsp3) is 0.400. The van der Waals surface area contributed by atoms with Gasteiger partial charge < -0.3 is 5.32 Å². The molecular formula is C10H14ClN3O4S. The fourth-order valence-electron chi connectivity index (χ4n) is 1.43. The molecule has 0 fully saturated rings. The quantitative estimate of drug-likeness (QED) is 0.443. The smallest absolute Gasteiger partial charge is 0.269 e. The Labute approximate surface area is 115 Å². The van der Waals surface area contributed by atoms with Gasteiger partial charge in [0.2, 0.25) is 10.0 Å². The highest BCUT2D eigenvalue weighted by Gasteiger charge is 2.09. The molecule has 1 rings (SSSR count). The average molecular weight is 308 g/mol. The number of halogens is 1. The maximum Gasteiger partial charge on any atom is 0.269 e. The lowest BCUT2D eigenvalue weighted by molar-refractivity contribution is -0.384. The Morgan fingerprint density at radius 1 is 1.42 bits per heavy atom. The number of nitrogens with zero attached hydrogens (tertiary/aromatic N) is 1. The number of sulfonamides is 1. The molecule has 0 spiro atoms. The van der Waals surface area contributed by atoms with Crippen LogP contribution in [0, 0.1) is 10.1 Å². The first-order chi connectivity index (χ1) is 8.79. The van der Waals surface area contributed by atoms with Gasteiger partial charge in [-0.25, -0.2) is 13.6 Å². The molecule has 9 heteroatoms. The fourth-order valence-corrected chi connectivity index (χ4v) is 2.16. The van der Waals surface area contributed by atoms with Crippen LogP contribution in [-0.2, 0) is 16.6 Å². The Morgan fingerprint density at radius 3 is 2.68 bits per heavy atom. The first kappa shape index (κ1) is 15.8. The van der Waals surface area contributed by atoms with Crippen molar-refractivity contribution in [3.05, 3.63) is 38.9 Å². The second kappa shape index (κ2) is 6.80. The second-order valence-corrected chi connectivity index (χ2v) is 6.07. The highest BCUT2D eigenvalue weighted by molar-refractivity contribution is 7.89. The van der Waals surface area contributed by atoms with Crippen molar-refractivity contribution < 1.29 is 13.3 Å². The summed E-state index contributed by atoms with van der Waals surface area (Å²) in [4.78, 5) is 10.1. The van der Waals surface area contributed by atoms with Gasteiger partial charge in [-0.1, -0.05) is 11.6 Å². The van der Waals surface area contributed by atoms with Gasteiger partial charge in [-0.3, -0.25) is 10.1 Å². The van der Waals surface area contributed by atoms with Gasteiger partial charge in [0.15, 0.2) is 0 Å². The molecule has 0 aliphatic rings. The van der Waals surface area contributed by atoms with E-state index in [1.807, 2.05) is 0 Å². The second-order valence-electron chi connectivity index (χ2n) is 3.93. The Hall–Kier alpha value is -1.22. The molecule has 0 saturated carbocycles. The van der Waals surface area contributed by atoms with E-state index >= 15 is 0 Å². The first-order valence-corrected chi connectivity index (χ1v) is 7.53. The summed E-state index contributed by atoms with van der Waals surface area (Å²) in [5.41, 5.74) is 0.553. The normalized spacial score (nSPS) is 11.5. The lowest BCUT2D eigenvalue weighted by atomic mass is 10.2. The van der Waals surface area contributed by atoms with Gasteiger partial charge in [0.05, 0.1) is 10.7 Å². The first-order valence-electron chi connectivity index (χ1n) is 5.43. The monoisotopic (exact) mass is 307 g/mol. The predicted octanol–water partition coefficient (Wildman–Crippen LogP) is 1.02. The van der Waals surface area contributed by atoms with Crippen molar-refractivity contribution in [2.24, 2.45) is 5.14 Å². The topological polar surface area (TPSA) is 115 Å². The zero-order chi connectivity index (χ0) is 14.5. The molecule has 0 heterocycles. The number of hydrogen-bond acceptors (Lipinski definition) is 5. The number of rotatable bonds is 7. The van der Waals surface area contributed by atoms with E-state index in [2.05, 4.69) is 5.32 Å². The van der Waals surface area contributed by atoms with E-state index in [1.54, 1.807) is 0 Å². The Balaban J connectivity index is 2.49. The lowest BCUT2D eigenvalue weighted by Gasteiger charge is -2.06. The van der Waals surface area contributed by atoms with Gasteiger partial charge >= 0.3 is 0 Å². The molecule has 0 amide bonds. The molecule has 0 atom stereocenters. The van der Waals surface area contributed by atoms with E-state index in [0.29, 0.717) is 30.1 Å². The molecule has 3 N–H and O–H groups in total. The van der Waals surface area contributed by atoms with Crippen molar-refractivity contribution in [2.45, 2.75) is 13.0 Å². The summed E-state index contributed by atoms with van der Waals surface area (Å²) in [6.07, 6.45) is 0.366. The van der Waals surface area contributed by atoms with Crippen LogP contribution in [0.5, 0.6) is 0 Å². The standard InChI is InChI=1S/C10H14ClN3O4S/c11-10-3-2-9(14(15)16)6-8(10)7-13-4-1-5-19(12,17)18/h2-3,6,13H,1,4-5,7H2,(H2,12,17,18). The minimum absolute atomic E-state index is 0.0364. The molecule has 7 nitrogen and oxygen atoms in total. The van der Waals surface area contributed by atoms with Crippen molar-refractivity contribution in [1.29, 1.82) is 0 Å². The van der Waals surface area contributed by atoms with Crippen LogP contribution < -0.4 is 10.5 Å². The molecule has 0 radical (unpaired) electrons. The van der Waals surface area contributed by atoms with Crippen molar-refractivity contribution in [1.82, 2.24) is 5.32 Å². The van der Waals surface area contributed by atoms with Crippen molar-refractivity contribution >= 4 is 27.3 Å². The third kappa shape index (κ3) is 5.97. The van der Waals surface area contributed by atoms with Crippen LogP contribution in [0.1, 0.15) is 12.0 Å². The summed E-state index contributed by atoms with van der Waals surface area (Å²) in [6, 6.07) is 4.17. The molecule has 0 bridgehead atoms. The molecule has 0 aliphatic carbocycles. The van der Waals surface area contributed by atoms with Crippen LogP contribution >= 0.6 is 11.6 Å². The summed E-state index contributed by atoms with van der Waals surface area (Å²) in [5.74, 6) is -0.108. The van der Waals surface area contributed by atoms with Crippen LogP contribution in [0.15, 0.2) is 18.2 Å². The average Bonchev–Trinajstić information content (AvgIpc) is 2.29. The summed E-state index contributed by atoms with van der Waals surface area (Å²) in [6.45, 7) is 0.751. The van der Waals surface area contributed by atoms with Crippen molar-refractivity contribution in [3.8, 4) is 0 Å². The van der Waals surface area contributed by atoms with Crippen molar-refractivity contribution in [3.63, 3.8) is 0 Å². The minimum atomic E-state index is -3.45. The third-order valence-electron chi connectivity index (χ3n) is 2.34. The van der Waals surface area contributed by atoms with E-state index in [4.69, 9.17) is 16.7 Å². The van der Waals surface area contributed by atoms with Crippen molar-refractivity contribution in [2.75, 3.05) is 12.3 Å². The molecule has 0 aliphatic heterocycles. The summed E-state index contributed by atoms with van der Waals surface area (Å²) in [7, 11) is -3.45.